The van der Waals surface area contributed by atoms with E-state index in [1.165, 1.54) is 4.68 Å². The molecule has 0 fully saturated rings. The Hall–Kier alpha value is -4.38. The molecular formula is C22H15N5O3. The van der Waals surface area contributed by atoms with Gasteiger partial charge < -0.3 is 15.1 Å². The zero-order chi connectivity index (χ0) is 20.8. The molecule has 2 amide bonds. The molecule has 8 nitrogen and oxygen atoms in total. The predicted octanol–water partition coefficient (Wildman–Crippen LogP) is 2.79. The van der Waals surface area contributed by atoms with Crippen LogP contribution in [0.2, 0.25) is 0 Å². The van der Waals surface area contributed by atoms with E-state index in [9.17, 15) is 9.59 Å². The normalized spacial score (nSPS) is 13.3. The Morgan fingerprint density at radius 1 is 1.13 bits per heavy atom. The number of nitrogens with zero attached hydrogens (tertiary/aromatic N) is 4. The first-order chi connectivity index (χ1) is 14.6. The molecule has 2 N–H and O–H groups in total. The summed E-state index contributed by atoms with van der Waals surface area (Å²) in [7, 11) is 0. The van der Waals surface area contributed by atoms with Crippen molar-refractivity contribution in [1.82, 2.24) is 9.78 Å². The maximum atomic E-state index is 13.4. The quantitative estimate of drug-likeness (QED) is 0.570. The van der Waals surface area contributed by atoms with Crippen LogP contribution in [0.5, 0.6) is 0 Å². The summed E-state index contributed by atoms with van der Waals surface area (Å²) in [5, 5.41) is 14.2. The molecule has 4 aromatic rings. The lowest BCUT2D eigenvalue weighted by atomic mass is 10.0. The van der Waals surface area contributed by atoms with Gasteiger partial charge >= 0.3 is 0 Å². The number of nitriles is 1. The first kappa shape index (κ1) is 17.7. The molecule has 5 rings (SSSR count). The lowest BCUT2D eigenvalue weighted by Gasteiger charge is -2.27. The number of benzene rings is 2. The summed E-state index contributed by atoms with van der Waals surface area (Å²) in [5.41, 5.74) is 9.02. The van der Waals surface area contributed by atoms with Gasteiger partial charge in [0.15, 0.2) is 5.69 Å². The van der Waals surface area contributed by atoms with Gasteiger partial charge in [-0.3, -0.25) is 9.59 Å². The Morgan fingerprint density at radius 2 is 1.90 bits per heavy atom. The van der Waals surface area contributed by atoms with Crippen molar-refractivity contribution < 1.29 is 14.0 Å². The smallest absolute Gasteiger partial charge is 0.277 e. The minimum Gasteiger partial charge on any atom is -0.464 e. The number of hydrogen-bond donors (Lipinski definition) is 1. The van der Waals surface area contributed by atoms with Gasteiger partial charge in [0.05, 0.1) is 23.6 Å². The zero-order valence-electron chi connectivity index (χ0n) is 15.7. The number of carbonyl (C=O) groups is 2. The molecule has 0 atom stereocenters. The van der Waals surface area contributed by atoms with Crippen molar-refractivity contribution >= 4 is 28.5 Å². The predicted molar refractivity (Wildman–Crippen MR) is 108 cm³/mol. The van der Waals surface area contributed by atoms with E-state index in [1.807, 2.05) is 12.1 Å². The fourth-order valence-corrected chi connectivity index (χ4v) is 3.79. The fraction of sp³-hybridized carbons (Fsp3) is 0.0909. The molecular weight excluding hydrogens is 382 g/mol. The standard InChI is InChI=1S/C22H15N5O3/c23-12-13-1-3-15(4-2-13)26-9-7-17-19(21(24)28)25-27(20(17)22(26)29)16-5-6-18-14(11-16)8-10-30-18/h1-6,8,10-11H,7,9H2,(H2,24,28). The minimum atomic E-state index is -0.672. The summed E-state index contributed by atoms with van der Waals surface area (Å²) in [6.45, 7) is 0.379. The first-order valence-electron chi connectivity index (χ1n) is 9.28. The van der Waals surface area contributed by atoms with Crippen molar-refractivity contribution in [3.63, 3.8) is 0 Å². The van der Waals surface area contributed by atoms with Gasteiger partial charge in [-0.05, 0) is 55.0 Å². The maximum Gasteiger partial charge on any atom is 0.277 e. The number of fused-ring (bicyclic) bond motifs is 2. The molecule has 8 heteroatoms. The fourth-order valence-electron chi connectivity index (χ4n) is 3.79. The zero-order valence-corrected chi connectivity index (χ0v) is 15.7. The largest absolute Gasteiger partial charge is 0.464 e. The van der Waals surface area contributed by atoms with Gasteiger partial charge in [0.1, 0.15) is 11.3 Å². The Balaban J connectivity index is 1.65. The Morgan fingerprint density at radius 3 is 2.63 bits per heavy atom. The summed E-state index contributed by atoms with van der Waals surface area (Å²) in [6.07, 6.45) is 2.02. The Labute approximate surface area is 170 Å². The van der Waals surface area contributed by atoms with E-state index in [-0.39, 0.29) is 11.6 Å². The van der Waals surface area contributed by atoms with Gasteiger partial charge in [0, 0.05) is 23.2 Å². The van der Waals surface area contributed by atoms with E-state index < -0.39 is 5.91 Å². The number of hydrogen-bond acceptors (Lipinski definition) is 5. The summed E-state index contributed by atoms with van der Waals surface area (Å²) in [5.74, 6) is -0.956. The van der Waals surface area contributed by atoms with Gasteiger partial charge in [0.25, 0.3) is 11.8 Å². The topological polar surface area (TPSA) is 118 Å². The Bertz CT molecular complexity index is 1360. The van der Waals surface area contributed by atoms with Crippen LogP contribution in [0.25, 0.3) is 16.7 Å². The van der Waals surface area contributed by atoms with Crippen molar-refractivity contribution in [3.8, 4) is 11.8 Å². The maximum absolute atomic E-state index is 13.4. The second-order valence-corrected chi connectivity index (χ2v) is 6.96. The molecule has 1 aliphatic rings. The molecule has 3 heterocycles. The number of amides is 2. The molecule has 0 radical (unpaired) electrons. The highest BCUT2D eigenvalue weighted by Crippen LogP contribution is 2.30. The summed E-state index contributed by atoms with van der Waals surface area (Å²) >= 11 is 0. The van der Waals surface area contributed by atoms with Crippen LogP contribution in [0, 0.1) is 11.3 Å². The number of nitrogens with two attached hydrogens (primary N) is 1. The van der Waals surface area contributed by atoms with Crippen LogP contribution < -0.4 is 10.6 Å². The van der Waals surface area contributed by atoms with E-state index in [2.05, 4.69) is 11.2 Å². The average molecular weight is 397 g/mol. The van der Waals surface area contributed by atoms with Crippen LogP contribution >= 0.6 is 0 Å². The molecule has 146 valence electrons. The Kier molecular flexibility index (Phi) is 3.89. The highest BCUT2D eigenvalue weighted by atomic mass is 16.3. The number of anilines is 1. The summed E-state index contributed by atoms with van der Waals surface area (Å²) < 4.78 is 6.85. The van der Waals surface area contributed by atoms with Crippen LogP contribution in [0.15, 0.2) is 59.2 Å². The molecule has 1 aliphatic heterocycles. The van der Waals surface area contributed by atoms with Crippen molar-refractivity contribution in [2.45, 2.75) is 6.42 Å². The van der Waals surface area contributed by atoms with Gasteiger partial charge in [-0.25, -0.2) is 4.68 Å². The van der Waals surface area contributed by atoms with E-state index in [0.29, 0.717) is 46.7 Å². The van der Waals surface area contributed by atoms with Crippen LogP contribution in [0.1, 0.15) is 32.1 Å². The van der Waals surface area contributed by atoms with Crippen molar-refractivity contribution in [2.24, 2.45) is 5.73 Å². The number of rotatable bonds is 3. The van der Waals surface area contributed by atoms with Crippen LogP contribution in [-0.4, -0.2) is 28.1 Å². The summed E-state index contributed by atoms with van der Waals surface area (Å²) in [4.78, 5) is 27.1. The van der Waals surface area contributed by atoms with Crippen molar-refractivity contribution in [3.05, 3.63) is 77.3 Å². The van der Waals surface area contributed by atoms with Gasteiger partial charge in [-0.2, -0.15) is 10.4 Å². The monoisotopic (exact) mass is 397 g/mol. The first-order valence-corrected chi connectivity index (χ1v) is 9.28. The lowest BCUT2D eigenvalue weighted by molar-refractivity contribution is 0.0972. The van der Waals surface area contributed by atoms with Gasteiger partial charge in [-0.15, -0.1) is 0 Å². The number of aromatic nitrogens is 2. The van der Waals surface area contributed by atoms with E-state index in [1.54, 1.807) is 47.6 Å². The molecule has 0 saturated carbocycles. The SMILES string of the molecule is N#Cc1ccc(N2CCc3c(C(N)=O)nn(-c4ccc5occc5c4)c3C2=O)cc1. The minimum absolute atomic E-state index is 0.102. The highest BCUT2D eigenvalue weighted by Gasteiger charge is 2.34. The molecule has 0 saturated heterocycles. The lowest BCUT2D eigenvalue weighted by Crippen LogP contribution is -2.39. The average Bonchev–Trinajstić information content (AvgIpc) is 3.38. The molecule has 2 aromatic heterocycles. The summed E-state index contributed by atoms with van der Waals surface area (Å²) in [6, 6.07) is 16.1. The molecule has 0 unspecified atom stereocenters. The molecule has 0 aliphatic carbocycles. The van der Waals surface area contributed by atoms with Crippen molar-refractivity contribution in [1.29, 1.82) is 5.26 Å². The van der Waals surface area contributed by atoms with Crippen molar-refractivity contribution in [2.75, 3.05) is 11.4 Å². The van der Waals surface area contributed by atoms with E-state index >= 15 is 0 Å². The third-order valence-corrected chi connectivity index (χ3v) is 5.24. The van der Waals surface area contributed by atoms with E-state index in [4.69, 9.17) is 15.4 Å². The molecule has 30 heavy (non-hydrogen) atoms. The second-order valence-electron chi connectivity index (χ2n) is 6.96. The molecule has 0 bridgehead atoms. The van der Waals surface area contributed by atoms with E-state index in [0.717, 1.165) is 5.39 Å². The van der Waals surface area contributed by atoms with Crippen LogP contribution in [0.4, 0.5) is 5.69 Å². The molecule has 0 spiro atoms. The van der Waals surface area contributed by atoms with Gasteiger partial charge in [0.2, 0.25) is 0 Å². The van der Waals surface area contributed by atoms with Gasteiger partial charge in [-0.1, -0.05) is 0 Å². The number of carbonyl (C=O) groups excluding carboxylic acids is 2. The third kappa shape index (κ3) is 2.64. The van der Waals surface area contributed by atoms with Crippen LogP contribution in [0.3, 0.4) is 0 Å². The number of primary amides is 1. The molecule has 2 aromatic carbocycles. The second kappa shape index (κ2) is 6.60. The number of furan rings is 1. The van der Waals surface area contributed by atoms with Crippen LogP contribution in [-0.2, 0) is 6.42 Å². The third-order valence-electron chi connectivity index (χ3n) is 5.24. The highest BCUT2D eigenvalue weighted by molar-refractivity contribution is 6.09.